The molecule has 5 heteroatoms. The lowest BCUT2D eigenvalue weighted by molar-refractivity contribution is 0.306. The largest absolute Gasteiger partial charge is 0.362 e. The number of hydrogen-bond donors (Lipinski definition) is 1. The lowest BCUT2D eigenvalue weighted by atomic mass is 9.78. The van der Waals surface area contributed by atoms with E-state index in [-0.39, 0.29) is 5.54 Å². The highest BCUT2D eigenvalue weighted by atomic mass is 15.3. The van der Waals surface area contributed by atoms with E-state index in [4.69, 9.17) is 0 Å². The maximum atomic E-state index is 4.35. The highest BCUT2D eigenvalue weighted by Crippen LogP contribution is 2.34. The number of aromatic nitrogens is 4. The van der Waals surface area contributed by atoms with Crippen LogP contribution in [-0.2, 0) is 0 Å². The molecule has 1 fully saturated rings. The summed E-state index contributed by atoms with van der Waals surface area (Å²) in [4.78, 5) is 4.35. The van der Waals surface area contributed by atoms with Crippen LogP contribution in [0.1, 0.15) is 32.0 Å². The fourth-order valence-electron chi connectivity index (χ4n) is 2.15. The molecule has 5 nitrogen and oxygen atoms in total. The Morgan fingerprint density at radius 2 is 2.19 bits per heavy atom. The van der Waals surface area contributed by atoms with Gasteiger partial charge in [0.25, 0.3) is 0 Å². The van der Waals surface area contributed by atoms with Crippen LogP contribution < -0.4 is 5.32 Å². The van der Waals surface area contributed by atoms with E-state index in [2.05, 4.69) is 27.4 Å². The molecule has 0 aliphatic heterocycles. The van der Waals surface area contributed by atoms with Crippen LogP contribution in [0.3, 0.4) is 0 Å². The maximum absolute atomic E-state index is 4.35. The Bertz CT molecular complexity index is 526. The SMILES string of the molecule is Cc1nnc2c(NC3(C)CCC3)nccn12. The van der Waals surface area contributed by atoms with Crippen molar-refractivity contribution in [3.63, 3.8) is 0 Å². The monoisotopic (exact) mass is 217 g/mol. The average molecular weight is 217 g/mol. The number of anilines is 1. The van der Waals surface area contributed by atoms with Gasteiger partial charge in [-0.1, -0.05) is 0 Å². The van der Waals surface area contributed by atoms with E-state index in [9.17, 15) is 0 Å². The molecule has 16 heavy (non-hydrogen) atoms. The fraction of sp³-hybridized carbons (Fsp3) is 0.545. The van der Waals surface area contributed by atoms with Gasteiger partial charge in [0.05, 0.1) is 0 Å². The Morgan fingerprint density at radius 1 is 1.38 bits per heavy atom. The van der Waals surface area contributed by atoms with E-state index in [1.165, 1.54) is 19.3 Å². The number of nitrogens with one attached hydrogen (secondary N) is 1. The van der Waals surface area contributed by atoms with Gasteiger partial charge in [-0.25, -0.2) is 4.98 Å². The highest BCUT2D eigenvalue weighted by molar-refractivity contribution is 5.63. The van der Waals surface area contributed by atoms with Crippen molar-refractivity contribution in [3.8, 4) is 0 Å². The molecular weight excluding hydrogens is 202 g/mol. The van der Waals surface area contributed by atoms with Crippen molar-refractivity contribution in [2.45, 2.75) is 38.6 Å². The summed E-state index contributed by atoms with van der Waals surface area (Å²) in [7, 11) is 0. The van der Waals surface area contributed by atoms with Crippen LogP contribution in [-0.4, -0.2) is 25.1 Å². The van der Waals surface area contributed by atoms with Crippen molar-refractivity contribution in [1.82, 2.24) is 19.6 Å². The van der Waals surface area contributed by atoms with Crippen LogP contribution in [0.4, 0.5) is 5.82 Å². The molecule has 0 radical (unpaired) electrons. The van der Waals surface area contributed by atoms with Crippen LogP contribution in [0, 0.1) is 6.92 Å². The molecule has 1 aliphatic carbocycles. The summed E-state index contributed by atoms with van der Waals surface area (Å²) in [6.45, 7) is 4.17. The number of fused-ring (bicyclic) bond motifs is 1. The van der Waals surface area contributed by atoms with Crippen LogP contribution >= 0.6 is 0 Å². The minimum absolute atomic E-state index is 0.189. The first-order valence-electron chi connectivity index (χ1n) is 5.62. The molecule has 0 saturated heterocycles. The molecule has 1 N–H and O–H groups in total. The second-order valence-corrected chi connectivity index (χ2v) is 4.76. The van der Waals surface area contributed by atoms with Crippen molar-refractivity contribution in [2.24, 2.45) is 0 Å². The van der Waals surface area contributed by atoms with Gasteiger partial charge in [-0.2, -0.15) is 0 Å². The van der Waals surface area contributed by atoms with Crippen molar-refractivity contribution in [3.05, 3.63) is 18.2 Å². The van der Waals surface area contributed by atoms with Gasteiger partial charge in [0, 0.05) is 17.9 Å². The van der Waals surface area contributed by atoms with Crippen LogP contribution in [0.5, 0.6) is 0 Å². The Hall–Kier alpha value is -1.65. The molecule has 0 unspecified atom stereocenters. The van der Waals surface area contributed by atoms with Gasteiger partial charge in [-0.15, -0.1) is 10.2 Å². The number of hydrogen-bond acceptors (Lipinski definition) is 4. The summed E-state index contributed by atoms with van der Waals surface area (Å²) < 4.78 is 1.96. The van der Waals surface area contributed by atoms with Crippen molar-refractivity contribution in [2.75, 3.05) is 5.32 Å². The summed E-state index contributed by atoms with van der Waals surface area (Å²) in [5.74, 6) is 1.73. The van der Waals surface area contributed by atoms with Crippen molar-refractivity contribution >= 4 is 11.5 Å². The zero-order chi connectivity index (χ0) is 11.2. The first-order valence-corrected chi connectivity index (χ1v) is 5.62. The van der Waals surface area contributed by atoms with Gasteiger partial charge in [0.1, 0.15) is 5.82 Å². The molecule has 1 aliphatic rings. The molecule has 2 heterocycles. The summed E-state index contributed by atoms with van der Waals surface area (Å²) in [6.07, 6.45) is 7.36. The topological polar surface area (TPSA) is 55.1 Å². The average Bonchev–Trinajstić information content (AvgIpc) is 2.60. The summed E-state index contributed by atoms with van der Waals surface area (Å²) in [5.41, 5.74) is 1.00. The minimum atomic E-state index is 0.189. The number of nitrogens with zero attached hydrogens (tertiary/aromatic N) is 4. The first-order chi connectivity index (χ1) is 7.68. The molecule has 0 amide bonds. The fourth-order valence-corrected chi connectivity index (χ4v) is 2.15. The van der Waals surface area contributed by atoms with Crippen LogP contribution in [0.25, 0.3) is 5.65 Å². The second kappa shape index (κ2) is 3.17. The van der Waals surface area contributed by atoms with E-state index < -0.39 is 0 Å². The van der Waals surface area contributed by atoms with Crippen LogP contribution in [0.2, 0.25) is 0 Å². The zero-order valence-corrected chi connectivity index (χ0v) is 9.56. The van der Waals surface area contributed by atoms with Gasteiger partial charge < -0.3 is 5.32 Å². The van der Waals surface area contributed by atoms with E-state index in [1.807, 2.05) is 17.5 Å². The summed E-state index contributed by atoms with van der Waals surface area (Å²) >= 11 is 0. The second-order valence-electron chi connectivity index (χ2n) is 4.76. The van der Waals surface area contributed by atoms with E-state index in [1.54, 1.807) is 6.20 Å². The Balaban J connectivity index is 2.03. The first kappa shape index (κ1) is 9.57. The third kappa shape index (κ3) is 1.35. The molecule has 0 bridgehead atoms. The minimum Gasteiger partial charge on any atom is -0.362 e. The summed E-state index contributed by atoms with van der Waals surface area (Å²) in [5, 5.41) is 11.7. The third-order valence-corrected chi connectivity index (χ3v) is 3.37. The molecule has 0 spiro atoms. The molecule has 2 aromatic heterocycles. The van der Waals surface area contributed by atoms with Gasteiger partial charge >= 0.3 is 0 Å². The predicted molar refractivity (Wildman–Crippen MR) is 61.4 cm³/mol. The maximum Gasteiger partial charge on any atom is 0.203 e. The molecule has 84 valence electrons. The lowest BCUT2D eigenvalue weighted by Crippen LogP contribution is -2.42. The summed E-state index contributed by atoms with van der Waals surface area (Å²) in [6, 6.07) is 0. The smallest absolute Gasteiger partial charge is 0.203 e. The number of aryl methyl sites for hydroxylation is 1. The normalized spacial score (nSPS) is 18.4. The molecule has 0 aromatic carbocycles. The van der Waals surface area contributed by atoms with Gasteiger partial charge in [0.15, 0.2) is 5.82 Å². The number of rotatable bonds is 2. The van der Waals surface area contributed by atoms with E-state index in [0.29, 0.717) is 0 Å². The van der Waals surface area contributed by atoms with Crippen molar-refractivity contribution < 1.29 is 0 Å². The zero-order valence-electron chi connectivity index (χ0n) is 9.56. The third-order valence-electron chi connectivity index (χ3n) is 3.37. The van der Waals surface area contributed by atoms with Gasteiger partial charge in [0.2, 0.25) is 5.65 Å². The molecule has 3 rings (SSSR count). The Morgan fingerprint density at radius 3 is 2.88 bits per heavy atom. The van der Waals surface area contributed by atoms with Gasteiger partial charge in [-0.3, -0.25) is 4.40 Å². The lowest BCUT2D eigenvalue weighted by Gasteiger charge is -2.39. The highest BCUT2D eigenvalue weighted by Gasteiger charge is 2.32. The molecular formula is C11H15N5. The Kier molecular flexibility index (Phi) is 1.89. The quantitative estimate of drug-likeness (QED) is 0.833. The van der Waals surface area contributed by atoms with Crippen molar-refractivity contribution in [1.29, 1.82) is 0 Å². The van der Waals surface area contributed by atoms with E-state index in [0.717, 1.165) is 17.3 Å². The molecule has 1 saturated carbocycles. The predicted octanol–water partition coefficient (Wildman–Crippen LogP) is 1.79. The standard InChI is InChI=1S/C11H15N5/c1-8-14-15-10-9(12-6-7-16(8)10)13-11(2)4-3-5-11/h6-7H,3-5H2,1-2H3,(H,12,13). The molecule has 2 aromatic rings. The van der Waals surface area contributed by atoms with E-state index >= 15 is 0 Å². The van der Waals surface area contributed by atoms with Crippen LogP contribution in [0.15, 0.2) is 12.4 Å². The Labute approximate surface area is 93.9 Å². The molecule has 0 atom stereocenters. The van der Waals surface area contributed by atoms with Gasteiger partial charge in [-0.05, 0) is 33.1 Å².